The zero-order chi connectivity index (χ0) is 12.5. The number of likely N-dealkylation sites (N-methyl/N-ethyl adjacent to an activating group) is 1. The molecule has 1 aliphatic heterocycles. The van der Waals surface area contributed by atoms with Gasteiger partial charge in [0.05, 0.1) is 0 Å². The second-order valence-electron chi connectivity index (χ2n) is 4.78. The van der Waals surface area contributed by atoms with Crippen LogP contribution in [0.4, 0.5) is 0 Å². The number of halogens is 1. The number of hydrogen-bond acceptors (Lipinski definition) is 2. The predicted molar refractivity (Wildman–Crippen MR) is 76.8 cm³/mol. The number of pyridine rings is 1. The molecule has 92 valence electrons. The quantitative estimate of drug-likeness (QED) is 0.727. The van der Waals surface area contributed by atoms with Gasteiger partial charge in [0, 0.05) is 24.7 Å². The van der Waals surface area contributed by atoms with E-state index in [0.717, 1.165) is 30.3 Å². The molecule has 0 unspecified atom stereocenters. The number of rotatable bonds is 1. The minimum absolute atomic E-state index is 0.586. The Labute approximate surface area is 112 Å². The fraction of sp³-hybridized carbons (Fsp3) is 0.267. The van der Waals surface area contributed by atoms with Crippen LogP contribution in [-0.2, 0) is 0 Å². The van der Waals surface area contributed by atoms with E-state index in [2.05, 4.69) is 41.2 Å². The Balaban J connectivity index is 2.06. The molecule has 0 N–H and O–H groups in total. The molecular weight excluding hydrogens is 244 g/mol. The molecule has 1 aliphatic rings. The van der Waals surface area contributed by atoms with Gasteiger partial charge in [-0.25, -0.2) is 4.98 Å². The van der Waals surface area contributed by atoms with Gasteiger partial charge in [0.15, 0.2) is 0 Å². The lowest BCUT2D eigenvalue weighted by molar-refractivity contribution is 0.370. The van der Waals surface area contributed by atoms with Gasteiger partial charge in [-0.1, -0.05) is 29.8 Å². The van der Waals surface area contributed by atoms with Gasteiger partial charge in [-0.05, 0) is 42.1 Å². The summed E-state index contributed by atoms with van der Waals surface area (Å²) in [5.74, 6) is 0. The van der Waals surface area contributed by atoms with Gasteiger partial charge in [0.1, 0.15) is 5.15 Å². The van der Waals surface area contributed by atoms with Gasteiger partial charge in [0.25, 0.3) is 0 Å². The lowest BCUT2D eigenvalue weighted by atomic mass is 9.97. The first-order valence-electron chi connectivity index (χ1n) is 6.16. The smallest absolute Gasteiger partial charge is 0.136 e. The molecule has 2 aromatic rings. The maximum atomic E-state index is 6.15. The molecule has 2 nitrogen and oxygen atoms in total. The van der Waals surface area contributed by atoms with E-state index in [1.807, 2.05) is 6.07 Å². The highest BCUT2D eigenvalue weighted by Gasteiger charge is 2.10. The van der Waals surface area contributed by atoms with Gasteiger partial charge < -0.3 is 4.90 Å². The molecule has 0 bridgehead atoms. The van der Waals surface area contributed by atoms with Crippen molar-refractivity contribution in [2.24, 2.45) is 0 Å². The van der Waals surface area contributed by atoms with E-state index in [9.17, 15) is 0 Å². The average molecular weight is 259 g/mol. The Hall–Kier alpha value is -1.38. The fourth-order valence-electron chi connectivity index (χ4n) is 2.37. The third kappa shape index (κ3) is 2.14. The van der Waals surface area contributed by atoms with E-state index in [1.165, 1.54) is 11.1 Å². The summed E-state index contributed by atoms with van der Waals surface area (Å²) in [6, 6.07) is 8.45. The number of nitrogens with zero attached hydrogens (tertiary/aromatic N) is 2. The third-order valence-electron chi connectivity index (χ3n) is 3.50. The summed E-state index contributed by atoms with van der Waals surface area (Å²) < 4.78 is 0. The Morgan fingerprint density at radius 1 is 1.28 bits per heavy atom. The van der Waals surface area contributed by atoms with Crippen molar-refractivity contribution in [2.75, 3.05) is 20.1 Å². The van der Waals surface area contributed by atoms with E-state index in [0.29, 0.717) is 5.15 Å². The van der Waals surface area contributed by atoms with Crippen molar-refractivity contribution in [3.8, 4) is 0 Å². The van der Waals surface area contributed by atoms with E-state index in [4.69, 9.17) is 11.6 Å². The van der Waals surface area contributed by atoms with Crippen LogP contribution in [0.15, 0.2) is 36.5 Å². The minimum atomic E-state index is 0.586. The molecule has 0 saturated carbocycles. The van der Waals surface area contributed by atoms with E-state index in [-0.39, 0.29) is 0 Å². The molecule has 0 radical (unpaired) electrons. The third-order valence-corrected chi connectivity index (χ3v) is 3.80. The van der Waals surface area contributed by atoms with Crippen molar-refractivity contribution in [3.63, 3.8) is 0 Å². The molecule has 3 rings (SSSR count). The van der Waals surface area contributed by atoms with Crippen LogP contribution in [0.5, 0.6) is 0 Å². The van der Waals surface area contributed by atoms with Gasteiger partial charge in [0.2, 0.25) is 0 Å². The SMILES string of the molecule is CN1CC=C(c2ccc3ccnc(Cl)c3c2)CC1. The maximum absolute atomic E-state index is 6.15. The van der Waals surface area contributed by atoms with E-state index < -0.39 is 0 Å². The monoisotopic (exact) mass is 258 g/mol. The molecule has 0 aliphatic carbocycles. The summed E-state index contributed by atoms with van der Waals surface area (Å²) in [6.45, 7) is 2.14. The van der Waals surface area contributed by atoms with Crippen LogP contribution in [0.25, 0.3) is 16.3 Å². The Morgan fingerprint density at radius 3 is 2.94 bits per heavy atom. The van der Waals surface area contributed by atoms with Gasteiger partial charge in [-0.3, -0.25) is 0 Å². The average Bonchev–Trinajstić information content (AvgIpc) is 2.40. The van der Waals surface area contributed by atoms with Crippen molar-refractivity contribution >= 4 is 27.9 Å². The molecule has 0 atom stereocenters. The number of fused-ring (bicyclic) bond motifs is 1. The molecule has 0 spiro atoms. The Bertz CT molecular complexity index is 619. The molecule has 0 amide bonds. The molecule has 2 heterocycles. The number of hydrogen-bond donors (Lipinski definition) is 0. The van der Waals surface area contributed by atoms with Crippen molar-refractivity contribution in [1.29, 1.82) is 0 Å². The van der Waals surface area contributed by atoms with Crippen molar-refractivity contribution in [2.45, 2.75) is 6.42 Å². The molecule has 0 saturated heterocycles. The van der Waals surface area contributed by atoms with Crippen molar-refractivity contribution in [1.82, 2.24) is 9.88 Å². The molecule has 18 heavy (non-hydrogen) atoms. The summed E-state index contributed by atoms with van der Waals surface area (Å²) >= 11 is 6.15. The predicted octanol–water partition coefficient (Wildman–Crippen LogP) is 3.61. The minimum Gasteiger partial charge on any atom is -0.302 e. The topological polar surface area (TPSA) is 16.1 Å². The second kappa shape index (κ2) is 4.71. The highest BCUT2D eigenvalue weighted by atomic mass is 35.5. The standard InChI is InChI=1S/C15H15ClN2/c1-18-8-5-11(6-9-18)13-3-2-12-4-7-17-15(16)14(12)10-13/h2-5,7,10H,6,8-9H2,1H3. The van der Waals surface area contributed by atoms with Crippen LogP contribution in [0.1, 0.15) is 12.0 Å². The first kappa shape index (κ1) is 11.7. The van der Waals surface area contributed by atoms with Gasteiger partial charge >= 0.3 is 0 Å². The largest absolute Gasteiger partial charge is 0.302 e. The molecular formula is C15H15ClN2. The lowest BCUT2D eigenvalue weighted by Gasteiger charge is -2.22. The molecule has 0 fully saturated rings. The van der Waals surface area contributed by atoms with Crippen LogP contribution in [0, 0.1) is 0 Å². The molecule has 1 aromatic carbocycles. The molecule has 1 aromatic heterocycles. The molecule has 3 heteroatoms. The van der Waals surface area contributed by atoms with Gasteiger partial charge in [-0.2, -0.15) is 0 Å². The van der Waals surface area contributed by atoms with Crippen molar-refractivity contribution in [3.05, 3.63) is 47.3 Å². The van der Waals surface area contributed by atoms with E-state index >= 15 is 0 Å². The highest BCUT2D eigenvalue weighted by Crippen LogP contribution is 2.28. The highest BCUT2D eigenvalue weighted by molar-refractivity contribution is 6.34. The lowest BCUT2D eigenvalue weighted by Crippen LogP contribution is -2.23. The van der Waals surface area contributed by atoms with E-state index in [1.54, 1.807) is 6.20 Å². The first-order chi connectivity index (χ1) is 8.74. The van der Waals surface area contributed by atoms with Gasteiger partial charge in [-0.15, -0.1) is 0 Å². The fourth-order valence-corrected chi connectivity index (χ4v) is 2.59. The maximum Gasteiger partial charge on any atom is 0.136 e. The zero-order valence-corrected chi connectivity index (χ0v) is 11.1. The van der Waals surface area contributed by atoms with Crippen LogP contribution in [0.2, 0.25) is 5.15 Å². The number of benzene rings is 1. The second-order valence-corrected chi connectivity index (χ2v) is 5.14. The van der Waals surface area contributed by atoms with Crippen LogP contribution >= 0.6 is 11.6 Å². The Kier molecular flexibility index (Phi) is 3.06. The van der Waals surface area contributed by atoms with Crippen LogP contribution in [-0.4, -0.2) is 30.0 Å². The summed E-state index contributed by atoms with van der Waals surface area (Å²) in [4.78, 5) is 6.46. The van der Waals surface area contributed by atoms with Crippen molar-refractivity contribution < 1.29 is 0 Å². The van der Waals surface area contributed by atoms with Crippen LogP contribution in [0.3, 0.4) is 0 Å². The summed E-state index contributed by atoms with van der Waals surface area (Å²) in [5.41, 5.74) is 2.68. The first-order valence-corrected chi connectivity index (χ1v) is 6.54. The normalized spacial score (nSPS) is 16.9. The number of aromatic nitrogens is 1. The summed E-state index contributed by atoms with van der Waals surface area (Å²) in [6.07, 6.45) is 5.15. The van der Waals surface area contributed by atoms with Crippen LogP contribution < -0.4 is 0 Å². The Morgan fingerprint density at radius 2 is 2.17 bits per heavy atom. The summed E-state index contributed by atoms with van der Waals surface area (Å²) in [7, 11) is 2.15. The zero-order valence-electron chi connectivity index (χ0n) is 10.4. The summed E-state index contributed by atoms with van der Waals surface area (Å²) in [5, 5.41) is 2.77.